The fourth-order valence-electron chi connectivity index (χ4n) is 4.43. The van der Waals surface area contributed by atoms with Crippen LogP contribution >= 0.6 is 24.0 Å². The van der Waals surface area contributed by atoms with Crippen LogP contribution in [0.2, 0.25) is 0 Å². The van der Waals surface area contributed by atoms with Gasteiger partial charge in [-0.25, -0.2) is 8.42 Å². The van der Waals surface area contributed by atoms with Crippen LogP contribution < -0.4 is 10.6 Å². The molecule has 7 nitrogen and oxygen atoms in total. The number of nitrogens with one attached hydrogen (secondary N) is 2. The Kier molecular flexibility index (Phi) is 10.0. The van der Waals surface area contributed by atoms with Crippen LogP contribution in [-0.2, 0) is 14.6 Å². The van der Waals surface area contributed by atoms with E-state index in [0.29, 0.717) is 50.6 Å². The molecular weight excluding hydrogens is 527 g/mol. The van der Waals surface area contributed by atoms with E-state index in [1.807, 2.05) is 0 Å². The molecule has 0 aliphatic carbocycles. The average Bonchev–Trinajstić information content (AvgIpc) is 2.77. The molecule has 0 saturated carbocycles. The van der Waals surface area contributed by atoms with Crippen LogP contribution in [0.15, 0.2) is 35.3 Å². The Bertz CT molecular complexity index is 805. The highest BCUT2D eigenvalue weighted by atomic mass is 127. The molecule has 0 bridgehead atoms. The molecule has 0 aromatic heterocycles. The predicted octanol–water partition coefficient (Wildman–Crippen LogP) is 2.59. The van der Waals surface area contributed by atoms with Crippen molar-refractivity contribution in [2.75, 3.05) is 46.2 Å². The third-order valence-corrected chi connectivity index (χ3v) is 8.82. The number of likely N-dealkylation sites (tertiary alicyclic amines) is 1. The number of ether oxygens (including phenoxy) is 1. The summed E-state index contributed by atoms with van der Waals surface area (Å²) in [5.74, 6) is 0.680. The number of guanidine groups is 1. The van der Waals surface area contributed by atoms with Gasteiger partial charge in [-0.05, 0) is 38.2 Å². The van der Waals surface area contributed by atoms with E-state index in [2.05, 4.69) is 57.8 Å². The van der Waals surface area contributed by atoms with Crippen molar-refractivity contribution in [3.63, 3.8) is 0 Å². The fraction of sp³-hybridized carbons (Fsp3) is 0.682. The first kappa shape index (κ1) is 26.3. The Labute approximate surface area is 204 Å². The van der Waals surface area contributed by atoms with Crippen molar-refractivity contribution in [3.8, 4) is 0 Å². The van der Waals surface area contributed by atoms with E-state index in [9.17, 15) is 8.42 Å². The molecule has 2 heterocycles. The molecule has 2 saturated heterocycles. The quantitative estimate of drug-likeness (QED) is 0.314. The molecule has 1 unspecified atom stereocenters. The Balaban J connectivity index is 0.00000341. The van der Waals surface area contributed by atoms with Crippen LogP contribution in [0.3, 0.4) is 0 Å². The van der Waals surface area contributed by atoms with Gasteiger partial charge in [-0.15, -0.1) is 24.0 Å². The Morgan fingerprint density at radius 2 is 1.84 bits per heavy atom. The molecule has 1 atom stereocenters. The first-order valence-corrected chi connectivity index (χ1v) is 12.8. The lowest BCUT2D eigenvalue weighted by Crippen LogP contribution is -2.55. The van der Waals surface area contributed by atoms with Crippen molar-refractivity contribution < 1.29 is 13.2 Å². The van der Waals surface area contributed by atoms with E-state index in [1.54, 1.807) is 7.05 Å². The van der Waals surface area contributed by atoms with Crippen LogP contribution in [0.5, 0.6) is 0 Å². The lowest BCUT2D eigenvalue weighted by molar-refractivity contribution is 0.0755. The van der Waals surface area contributed by atoms with Gasteiger partial charge in [0.05, 0.1) is 4.75 Å². The summed E-state index contributed by atoms with van der Waals surface area (Å²) in [5, 5.41) is 6.78. The van der Waals surface area contributed by atoms with E-state index in [-0.39, 0.29) is 24.0 Å². The summed E-state index contributed by atoms with van der Waals surface area (Å²) in [6.07, 6.45) is 4.43. The summed E-state index contributed by atoms with van der Waals surface area (Å²) in [6.45, 7) is 5.64. The van der Waals surface area contributed by atoms with Crippen LogP contribution in [0.4, 0.5) is 0 Å². The SMILES string of the molecule is CN=C(NCC1(S(C)(=O)=O)CCOCC1)NC1CCN(C(C)c2ccccc2)CC1.I. The molecule has 2 N–H and O–H groups in total. The molecule has 0 amide bonds. The van der Waals surface area contributed by atoms with Gasteiger partial charge in [0, 0.05) is 58.2 Å². The second-order valence-corrected chi connectivity index (χ2v) is 10.9. The van der Waals surface area contributed by atoms with Crippen molar-refractivity contribution in [1.82, 2.24) is 15.5 Å². The molecule has 2 fully saturated rings. The summed E-state index contributed by atoms with van der Waals surface area (Å²) in [7, 11) is -1.46. The molecular formula is C22H37IN4O3S. The first-order chi connectivity index (χ1) is 14.3. The number of nitrogens with zero attached hydrogens (tertiary/aromatic N) is 2. The summed E-state index contributed by atoms with van der Waals surface area (Å²) in [4.78, 5) is 6.85. The average molecular weight is 565 g/mol. The highest BCUT2D eigenvalue weighted by molar-refractivity contribution is 14.0. The number of halogens is 1. The number of benzene rings is 1. The molecule has 31 heavy (non-hydrogen) atoms. The molecule has 2 aliphatic heterocycles. The summed E-state index contributed by atoms with van der Waals surface area (Å²) < 4.78 is 29.5. The summed E-state index contributed by atoms with van der Waals surface area (Å²) >= 11 is 0. The van der Waals surface area contributed by atoms with Crippen molar-refractivity contribution in [1.29, 1.82) is 0 Å². The lowest BCUT2D eigenvalue weighted by atomic mass is 9.99. The number of hydrogen-bond donors (Lipinski definition) is 2. The predicted molar refractivity (Wildman–Crippen MR) is 137 cm³/mol. The molecule has 1 aromatic rings. The zero-order valence-corrected chi connectivity index (χ0v) is 22.0. The standard InChI is InChI=1S/C22H36N4O3S.HI/c1-18(19-7-5-4-6-8-19)26-13-9-20(10-14-26)25-21(23-2)24-17-22(30(3,27)28)11-15-29-16-12-22;/h4-8,18,20H,9-17H2,1-3H3,(H2,23,24,25);1H. The van der Waals surface area contributed by atoms with Crippen molar-refractivity contribution in [3.05, 3.63) is 35.9 Å². The second-order valence-electron chi connectivity index (χ2n) is 8.53. The van der Waals surface area contributed by atoms with Crippen LogP contribution in [0.1, 0.15) is 44.2 Å². The lowest BCUT2D eigenvalue weighted by Gasteiger charge is -2.38. The minimum absolute atomic E-state index is 0. The van der Waals surface area contributed by atoms with Crippen molar-refractivity contribution in [2.45, 2.75) is 49.4 Å². The molecule has 1 aromatic carbocycles. The maximum absolute atomic E-state index is 12.5. The molecule has 9 heteroatoms. The third-order valence-electron chi connectivity index (χ3n) is 6.69. The van der Waals surface area contributed by atoms with Gasteiger partial charge < -0.3 is 15.4 Å². The zero-order chi connectivity index (χ0) is 21.6. The van der Waals surface area contributed by atoms with Gasteiger partial charge in [0.1, 0.15) is 0 Å². The maximum atomic E-state index is 12.5. The fourth-order valence-corrected chi connectivity index (χ4v) is 5.67. The van der Waals surface area contributed by atoms with E-state index in [4.69, 9.17) is 4.74 Å². The number of rotatable bonds is 6. The van der Waals surface area contributed by atoms with Crippen molar-refractivity contribution in [2.24, 2.45) is 4.99 Å². The number of piperidine rings is 1. The van der Waals surface area contributed by atoms with Gasteiger partial charge in [-0.2, -0.15) is 0 Å². The van der Waals surface area contributed by atoms with Gasteiger partial charge in [-0.3, -0.25) is 9.89 Å². The van der Waals surface area contributed by atoms with Crippen LogP contribution in [0, 0.1) is 0 Å². The number of hydrogen-bond acceptors (Lipinski definition) is 5. The molecule has 3 rings (SSSR count). The number of sulfone groups is 1. The van der Waals surface area contributed by atoms with Gasteiger partial charge in [0.15, 0.2) is 15.8 Å². The first-order valence-electron chi connectivity index (χ1n) is 10.9. The molecule has 2 aliphatic rings. The summed E-state index contributed by atoms with van der Waals surface area (Å²) in [5.41, 5.74) is 1.35. The Morgan fingerprint density at radius 3 is 2.39 bits per heavy atom. The van der Waals surface area contributed by atoms with E-state index in [1.165, 1.54) is 11.8 Å². The van der Waals surface area contributed by atoms with E-state index >= 15 is 0 Å². The van der Waals surface area contributed by atoms with Gasteiger partial charge in [0.25, 0.3) is 0 Å². The van der Waals surface area contributed by atoms with E-state index < -0.39 is 14.6 Å². The smallest absolute Gasteiger partial charge is 0.191 e. The highest BCUT2D eigenvalue weighted by Gasteiger charge is 2.42. The topological polar surface area (TPSA) is 83.0 Å². The second kappa shape index (κ2) is 11.8. The van der Waals surface area contributed by atoms with Crippen LogP contribution in [-0.4, -0.2) is 76.2 Å². The minimum atomic E-state index is -3.20. The molecule has 0 spiro atoms. The summed E-state index contributed by atoms with van der Waals surface area (Å²) in [6, 6.07) is 11.4. The van der Waals surface area contributed by atoms with Crippen molar-refractivity contribution >= 4 is 39.8 Å². The maximum Gasteiger partial charge on any atom is 0.191 e. The number of aliphatic imine (C=N–C) groups is 1. The van der Waals surface area contributed by atoms with Gasteiger partial charge >= 0.3 is 0 Å². The Morgan fingerprint density at radius 1 is 1.23 bits per heavy atom. The monoisotopic (exact) mass is 564 g/mol. The molecule has 0 radical (unpaired) electrons. The zero-order valence-electron chi connectivity index (χ0n) is 18.8. The van der Waals surface area contributed by atoms with Gasteiger partial charge in [0.2, 0.25) is 0 Å². The van der Waals surface area contributed by atoms with E-state index in [0.717, 1.165) is 25.9 Å². The van der Waals surface area contributed by atoms with Gasteiger partial charge in [-0.1, -0.05) is 30.3 Å². The van der Waals surface area contributed by atoms with Crippen LogP contribution in [0.25, 0.3) is 0 Å². The highest BCUT2D eigenvalue weighted by Crippen LogP contribution is 2.28. The normalized spacial score (nSPS) is 21.7. The largest absolute Gasteiger partial charge is 0.381 e. The minimum Gasteiger partial charge on any atom is -0.381 e. The third kappa shape index (κ3) is 6.79. The molecule has 176 valence electrons. The Hall–Kier alpha value is -0.910.